The van der Waals surface area contributed by atoms with Crippen molar-refractivity contribution in [3.8, 4) is 5.69 Å². The fourth-order valence-corrected chi connectivity index (χ4v) is 4.24. The number of aryl methyl sites for hydroxylation is 1. The highest BCUT2D eigenvalue weighted by molar-refractivity contribution is 5.79. The van der Waals surface area contributed by atoms with Gasteiger partial charge in [0.2, 0.25) is 5.91 Å². The smallest absolute Gasteiger partial charge is 0.227 e. The summed E-state index contributed by atoms with van der Waals surface area (Å²) in [6.45, 7) is 8.03. The van der Waals surface area contributed by atoms with E-state index in [0.717, 1.165) is 60.8 Å². The van der Waals surface area contributed by atoms with Gasteiger partial charge in [-0.1, -0.05) is 30.3 Å². The van der Waals surface area contributed by atoms with Crippen molar-refractivity contribution in [1.82, 2.24) is 19.6 Å². The second kappa shape index (κ2) is 9.43. The molecule has 1 aliphatic heterocycles. The van der Waals surface area contributed by atoms with E-state index >= 15 is 0 Å². The molecular weight excluding hydrogens is 391 g/mol. The molecule has 31 heavy (non-hydrogen) atoms. The van der Waals surface area contributed by atoms with Crippen LogP contribution in [0.15, 0.2) is 54.6 Å². The molecule has 3 aromatic rings. The first-order valence-electron chi connectivity index (χ1n) is 10.9. The molecule has 0 spiro atoms. The summed E-state index contributed by atoms with van der Waals surface area (Å²) in [6, 6.07) is 16.7. The summed E-state index contributed by atoms with van der Waals surface area (Å²) in [5.74, 6) is -0.0556. The highest BCUT2D eigenvalue weighted by atomic mass is 19.1. The maximum absolute atomic E-state index is 13.1. The maximum atomic E-state index is 13.1. The fourth-order valence-electron chi connectivity index (χ4n) is 4.24. The molecular formula is C25H29FN4O. The molecule has 4 rings (SSSR count). The van der Waals surface area contributed by atoms with E-state index < -0.39 is 0 Å². The zero-order chi connectivity index (χ0) is 21.8. The van der Waals surface area contributed by atoms with Gasteiger partial charge in [0.15, 0.2) is 0 Å². The number of hydrogen-bond acceptors (Lipinski definition) is 3. The lowest BCUT2D eigenvalue weighted by Crippen LogP contribution is -2.36. The fraction of sp³-hybridized carbons (Fsp3) is 0.360. The molecule has 0 atom stereocenters. The molecule has 2 aromatic carbocycles. The molecule has 0 N–H and O–H groups in total. The Labute approximate surface area is 183 Å². The van der Waals surface area contributed by atoms with E-state index in [2.05, 4.69) is 10.00 Å². The minimum Gasteiger partial charge on any atom is -0.341 e. The zero-order valence-electron chi connectivity index (χ0n) is 18.2. The van der Waals surface area contributed by atoms with Crippen LogP contribution >= 0.6 is 0 Å². The van der Waals surface area contributed by atoms with Crippen LogP contribution in [0.1, 0.15) is 28.9 Å². The van der Waals surface area contributed by atoms with Gasteiger partial charge in [0, 0.05) is 44.0 Å². The predicted molar refractivity (Wildman–Crippen MR) is 120 cm³/mol. The zero-order valence-corrected chi connectivity index (χ0v) is 18.2. The lowest BCUT2D eigenvalue weighted by Gasteiger charge is -2.22. The Kier molecular flexibility index (Phi) is 6.47. The van der Waals surface area contributed by atoms with E-state index in [1.165, 1.54) is 12.1 Å². The molecule has 1 aliphatic rings. The Hall–Kier alpha value is -2.99. The quantitative estimate of drug-likeness (QED) is 0.629. The topological polar surface area (TPSA) is 41.4 Å². The van der Waals surface area contributed by atoms with Crippen LogP contribution < -0.4 is 0 Å². The number of amides is 1. The van der Waals surface area contributed by atoms with Crippen LogP contribution in [0.4, 0.5) is 4.39 Å². The minimum absolute atomic E-state index is 0.155. The van der Waals surface area contributed by atoms with Crippen molar-refractivity contribution in [1.29, 1.82) is 0 Å². The van der Waals surface area contributed by atoms with Gasteiger partial charge in [-0.25, -0.2) is 9.07 Å². The van der Waals surface area contributed by atoms with Crippen LogP contribution in [0, 0.1) is 19.7 Å². The Morgan fingerprint density at radius 1 is 0.968 bits per heavy atom. The number of hydrogen-bond donors (Lipinski definition) is 0. The summed E-state index contributed by atoms with van der Waals surface area (Å²) < 4.78 is 15.1. The molecule has 0 bridgehead atoms. The van der Waals surface area contributed by atoms with Crippen molar-refractivity contribution < 1.29 is 9.18 Å². The first kappa shape index (κ1) is 21.2. The van der Waals surface area contributed by atoms with Gasteiger partial charge in [0.25, 0.3) is 0 Å². The van der Waals surface area contributed by atoms with Crippen molar-refractivity contribution in [3.05, 3.63) is 82.9 Å². The number of para-hydroxylation sites is 1. The molecule has 5 nitrogen and oxygen atoms in total. The molecule has 1 amide bonds. The number of aromatic nitrogens is 2. The Morgan fingerprint density at radius 3 is 2.45 bits per heavy atom. The Balaban J connectivity index is 1.39. The molecule has 1 aromatic heterocycles. The number of benzene rings is 2. The summed E-state index contributed by atoms with van der Waals surface area (Å²) >= 11 is 0. The molecule has 0 aliphatic carbocycles. The molecule has 0 radical (unpaired) electrons. The lowest BCUT2D eigenvalue weighted by atomic mass is 10.1. The van der Waals surface area contributed by atoms with Gasteiger partial charge in [0.1, 0.15) is 5.82 Å². The van der Waals surface area contributed by atoms with Crippen molar-refractivity contribution in [3.63, 3.8) is 0 Å². The molecule has 1 saturated heterocycles. The first-order chi connectivity index (χ1) is 15.0. The summed E-state index contributed by atoms with van der Waals surface area (Å²) in [7, 11) is 0. The first-order valence-corrected chi connectivity index (χ1v) is 10.9. The molecule has 0 unspecified atom stereocenters. The maximum Gasteiger partial charge on any atom is 0.227 e. The minimum atomic E-state index is -0.211. The Bertz CT molecular complexity index is 1030. The highest BCUT2D eigenvalue weighted by Gasteiger charge is 2.22. The number of rotatable bonds is 5. The van der Waals surface area contributed by atoms with Gasteiger partial charge in [-0.3, -0.25) is 9.69 Å². The summed E-state index contributed by atoms with van der Waals surface area (Å²) in [5.41, 5.74) is 5.04. The third-order valence-corrected chi connectivity index (χ3v) is 6.03. The van der Waals surface area contributed by atoms with Gasteiger partial charge in [0.05, 0.1) is 17.8 Å². The average molecular weight is 421 g/mol. The van der Waals surface area contributed by atoms with Crippen LogP contribution in [0.3, 0.4) is 0 Å². The van der Waals surface area contributed by atoms with Gasteiger partial charge in [-0.05, 0) is 50.1 Å². The molecule has 1 fully saturated rings. The highest BCUT2D eigenvalue weighted by Crippen LogP contribution is 2.19. The van der Waals surface area contributed by atoms with E-state index in [4.69, 9.17) is 0 Å². The second-order valence-corrected chi connectivity index (χ2v) is 8.21. The van der Waals surface area contributed by atoms with Crippen LogP contribution in [-0.2, 0) is 17.8 Å². The van der Waals surface area contributed by atoms with Crippen molar-refractivity contribution >= 4 is 5.91 Å². The monoisotopic (exact) mass is 420 g/mol. The third-order valence-electron chi connectivity index (χ3n) is 6.03. The number of carbonyl (C=O) groups excluding carboxylic acids is 1. The summed E-state index contributed by atoms with van der Waals surface area (Å²) in [5, 5.41) is 4.67. The molecule has 6 heteroatoms. The molecule has 162 valence electrons. The van der Waals surface area contributed by atoms with Crippen molar-refractivity contribution in [2.45, 2.75) is 33.2 Å². The van der Waals surface area contributed by atoms with Gasteiger partial charge in [-0.15, -0.1) is 0 Å². The van der Waals surface area contributed by atoms with Gasteiger partial charge in [-0.2, -0.15) is 5.10 Å². The third kappa shape index (κ3) is 5.02. The van der Waals surface area contributed by atoms with Crippen LogP contribution in [0.5, 0.6) is 0 Å². The predicted octanol–water partition coefficient (Wildman–Crippen LogP) is 3.91. The number of nitrogens with zero attached hydrogens (tertiary/aromatic N) is 4. The molecule has 2 heterocycles. The average Bonchev–Trinajstić information content (AvgIpc) is 2.94. The largest absolute Gasteiger partial charge is 0.341 e. The van der Waals surface area contributed by atoms with E-state index in [1.54, 1.807) is 0 Å². The lowest BCUT2D eigenvalue weighted by molar-refractivity contribution is -0.130. The molecule has 0 saturated carbocycles. The standard InChI is InChI=1S/C25H29FN4O/c1-19-24(20(2)30(27-19)23-7-4-3-5-8-23)17-25(31)29-14-6-13-28(15-16-29)18-21-9-11-22(26)12-10-21/h3-5,7-12H,6,13-18H2,1-2H3. The van der Waals surface area contributed by atoms with E-state index in [0.29, 0.717) is 13.0 Å². The van der Waals surface area contributed by atoms with E-state index in [9.17, 15) is 9.18 Å². The van der Waals surface area contributed by atoms with Gasteiger partial charge < -0.3 is 4.90 Å². The normalized spacial score (nSPS) is 15.1. The SMILES string of the molecule is Cc1nn(-c2ccccc2)c(C)c1CC(=O)N1CCCN(Cc2ccc(F)cc2)CC1. The van der Waals surface area contributed by atoms with Crippen molar-refractivity contribution in [2.75, 3.05) is 26.2 Å². The summed E-state index contributed by atoms with van der Waals surface area (Å²) in [4.78, 5) is 17.4. The van der Waals surface area contributed by atoms with Crippen LogP contribution in [0.25, 0.3) is 5.69 Å². The second-order valence-electron chi connectivity index (χ2n) is 8.21. The Morgan fingerprint density at radius 2 is 1.71 bits per heavy atom. The van der Waals surface area contributed by atoms with Crippen LogP contribution in [-0.4, -0.2) is 51.7 Å². The van der Waals surface area contributed by atoms with Crippen molar-refractivity contribution in [2.24, 2.45) is 0 Å². The van der Waals surface area contributed by atoms with Gasteiger partial charge >= 0.3 is 0 Å². The summed E-state index contributed by atoms with van der Waals surface area (Å²) in [6.07, 6.45) is 1.32. The number of halogens is 1. The van der Waals surface area contributed by atoms with E-state index in [1.807, 2.05) is 65.9 Å². The number of carbonyl (C=O) groups is 1. The van der Waals surface area contributed by atoms with E-state index in [-0.39, 0.29) is 11.7 Å². The van der Waals surface area contributed by atoms with Crippen LogP contribution in [0.2, 0.25) is 0 Å².